The van der Waals surface area contributed by atoms with E-state index in [-0.39, 0.29) is 0 Å². The minimum atomic E-state index is -1.42. The molecule has 0 aliphatic carbocycles. The molecule has 0 fully saturated rings. The van der Waals surface area contributed by atoms with Gasteiger partial charge >= 0.3 is 7.12 Å². The van der Waals surface area contributed by atoms with E-state index in [0.29, 0.717) is 5.46 Å². The molecular formula is C13H11BNO2+. The number of hydrogen-bond acceptors (Lipinski definition) is 2. The summed E-state index contributed by atoms with van der Waals surface area (Å²) in [5, 5.41) is 20.4. The van der Waals surface area contributed by atoms with E-state index in [1.165, 1.54) is 0 Å². The van der Waals surface area contributed by atoms with Gasteiger partial charge in [0.25, 0.3) is 0 Å². The highest BCUT2D eigenvalue weighted by atomic mass is 16.4. The van der Waals surface area contributed by atoms with Gasteiger partial charge in [0, 0.05) is 23.6 Å². The normalized spacial score (nSPS) is 10.9. The fraction of sp³-hybridized carbons (Fsp3) is 0. The van der Waals surface area contributed by atoms with Crippen molar-refractivity contribution in [2.75, 3.05) is 0 Å². The molecule has 2 aromatic heterocycles. The average molecular weight is 224 g/mol. The Hall–Kier alpha value is -1.91. The Labute approximate surface area is 98.7 Å². The first kappa shape index (κ1) is 10.3. The SMILES string of the molecule is OB(O)c1ccc2cc3cccc[n+]3cc2c1. The first-order chi connectivity index (χ1) is 8.24. The van der Waals surface area contributed by atoms with Crippen molar-refractivity contribution in [3.05, 3.63) is 54.9 Å². The van der Waals surface area contributed by atoms with Crippen LogP contribution < -0.4 is 9.86 Å². The topological polar surface area (TPSA) is 44.6 Å². The summed E-state index contributed by atoms with van der Waals surface area (Å²) in [6, 6.07) is 13.5. The second kappa shape index (κ2) is 3.84. The maximum absolute atomic E-state index is 9.15. The average Bonchev–Trinajstić information content (AvgIpc) is 2.35. The minimum absolute atomic E-state index is 0.508. The quantitative estimate of drug-likeness (QED) is 0.353. The monoisotopic (exact) mass is 224 g/mol. The largest absolute Gasteiger partial charge is 0.488 e. The van der Waals surface area contributed by atoms with Crippen molar-refractivity contribution < 1.29 is 14.4 Å². The van der Waals surface area contributed by atoms with E-state index >= 15 is 0 Å². The molecule has 82 valence electrons. The summed E-state index contributed by atoms with van der Waals surface area (Å²) in [5.74, 6) is 0. The predicted octanol–water partition coefficient (Wildman–Crippen LogP) is 0.258. The third-order valence-electron chi connectivity index (χ3n) is 2.91. The van der Waals surface area contributed by atoms with Crippen molar-refractivity contribution in [2.24, 2.45) is 0 Å². The number of nitrogens with zero attached hydrogens (tertiary/aromatic N) is 1. The summed E-state index contributed by atoms with van der Waals surface area (Å²) in [7, 11) is -1.42. The van der Waals surface area contributed by atoms with Crippen LogP contribution in [0.1, 0.15) is 0 Å². The van der Waals surface area contributed by atoms with Crippen LogP contribution in [-0.4, -0.2) is 17.2 Å². The van der Waals surface area contributed by atoms with Gasteiger partial charge in [0.1, 0.15) is 0 Å². The maximum Gasteiger partial charge on any atom is 0.488 e. The van der Waals surface area contributed by atoms with E-state index in [1.54, 1.807) is 12.1 Å². The van der Waals surface area contributed by atoms with Gasteiger partial charge in [-0.1, -0.05) is 12.1 Å². The first-order valence-corrected chi connectivity index (χ1v) is 5.44. The molecule has 0 atom stereocenters. The van der Waals surface area contributed by atoms with Gasteiger partial charge in [-0.3, -0.25) is 0 Å². The summed E-state index contributed by atoms with van der Waals surface area (Å²) >= 11 is 0. The molecule has 17 heavy (non-hydrogen) atoms. The van der Waals surface area contributed by atoms with Crippen LogP contribution in [0.5, 0.6) is 0 Å². The third-order valence-corrected chi connectivity index (χ3v) is 2.91. The van der Waals surface area contributed by atoms with Crippen LogP contribution in [0, 0.1) is 0 Å². The van der Waals surface area contributed by atoms with Gasteiger partial charge in [0.05, 0.1) is 0 Å². The summed E-state index contributed by atoms with van der Waals surface area (Å²) < 4.78 is 2.01. The van der Waals surface area contributed by atoms with E-state index in [0.717, 1.165) is 16.3 Å². The number of hydrogen-bond donors (Lipinski definition) is 2. The van der Waals surface area contributed by atoms with Crippen molar-refractivity contribution in [2.45, 2.75) is 0 Å². The van der Waals surface area contributed by atoms with Crippen molar-refractivity contribution in [3.8, 4) is 0 Å². The number of rotatable bonds is 1. The van der Waals surface area contributed by atoms with Gasteiger partial charge < -0.3 is 10.0 Å². The van der Waals surface area contributed by atoms with Gasteiger partial charge in [-0.2, -0.15) is 4.40 Å². The van der Waals surface area contributed by atoms with E-state index in [9.17, 15) is 0 Å². The van der Waals surface area contributed by atoms with Gasteiger partial charge in [-0.25, -0.2) is 0 Å². The molecule has 2 N–H and O–H groups in total. The molecule has 0 unspecified atom stereocenters. The molecule has 3 rings (SSSR count). The fourth-order valence-corrected chi connectivity index (χ4v) is 2.02. The zero-order chi connectivity index (χ0) is 11.8. The Morgan fingerprint density at radius 3 is 2.65 bits per heavy atom. The van der Waals surface area contributed by atoms with Gasteiger partial charge in [-0.15, -0.1) is 0 Å². The van der Waals surface area contributed by atoms with Crippen molar-refractivity contribution in [1.82, 2.24) is 0 Å². The van der Waals surface area contributed by atoms with E-state index < -0.39 is 7.12 Å². The highest BCUT2D eigenvalue weighted by Gasteiger charge is 2.12. The second-order valence-electron chi connectivity index (χ2n) is 4.07. The number of pyridine rings is 2. The van der Waals surface area contributed by atoms with Crippen LogP contribution in [0.15, 0.2) is 54.9 Å². The molecule has 0 saturated heterocycles. The van der Waals surface area contributed by atoms with Gasteiger partial charge in [-0.05, 0) is 23.0 Å². The number of benzene rings is 1. The number of fused-ring (bicyclic) bond motifs is 2. The van der Waals surface area contributed by atoms with Crippen molar-refractivity contribution in [3.63, 3.8) is 0 Å². The molecule has 0 aliphatic rings. The van der Waals surface area contributed by atoms with E-state index in [2.05, 4.69) is 6.07 Å². The Morgan fingerprint density at radius 2 is 1.82 bits per heavy atom. The lowest BCUT2D eigenvalue weighted by molar-refractivity contribution is -0.510. The molecule has 0 saturated carbocycles. The highest BCUT2D eigenvalue weighted by molar-refractivity contribution is 6.58. The predicted molar refractivity (Wildman–Crippen MR) is 66.9 cm³/mol. The molecule has 0 aliphatic heterocycles. The Bertz CT molecular complexity index is 697. The Balaban J connectivity index is 2.32. The lowest BCUT2D eigenvalue weighted by atomic mass is 9.79. The van der Waals surface area contributed by atoms with E-state index in [1.807, 2.05) is 41.1 Å². The summed E-state index contributed by atoms with van der Waals surface area (Å²) in [4.78, 5) is 0. The van der Waals surface area contributed by atoms with Gasteiger partial charge in [0.2, 0.25) is 5.52 Å². The zero-order valence-electron chi connectivity index (χ0n) is 9.12. The molecular weight excluding hydrogens is 213 g/mol. The molecule has 1 aromatic carbocycles. The highest BCUT2D eigenvalue weighted by Crippen LogP contribution is 2.12. The Kier molecular flexibility index (Phi) is 2.32. The molecule has 0 spiro atoms. The second-order valence-corrected chi connectivity index (χ2v) is 4.07. The van der Waals surface area contributed by atoms with Crippen LogP contribution in [0.4, 0.5) is 0 Å². The van der Waals surface area contributed by atoms with Crippen LogP contribution in [0.3, 0.4) is 0 Å². The van der Waals surface area contributed by atoms with Crippen LogP contribution in [0.25, 0.3) is 16.3 Å². The van der Waals surface area contributed by atoms with Crippen LogP contribution in [0.2, 0.25) is 0 Å². The first-order valence-electron chi connectivity index (χ1n) is 5.44. The minimum Gasteiger partial charge on any atom is -0.423 e. The van der Waals surface area contributed by atoms with Gasteiger partial charge in [0.15, 0.2) is 12.4 Å². The van der Waals surface area contributed by atoms with Crippen molar-refractivity contribution >= 4 is 28.9 Å². The smallest absolute Gasteiger partial charge is 0.423 e. The van der Waals surface area contributed by atoms with E-state index in [4.69, 9.17) is 10.0 Å². The van der Waals surface area contributed by atoms with Crippen LogP contribution in [-0.2, 0) is 0 Å². The lowest BCUT2D eigenvalue weighted by Crippen LogP contribution is -2.29. The summed E-state index contributed by atoms with van der Waals surface area (Å²) in [6.07, 6.45) is 3.95. The third kappa shape index (κ3) is 1.77. The molecule has 3 aromatic rings. The maximum atomic E-state index is 9.15. The zero-order valence-corrected chi connectivity index (χ0v) is 9.12. The Morgan fingerprint density at radius 1 is 0.941 bits per heavy atom. The summed E-state index contributed by atoms with van der Waals surface area (Å²) in [5.41, 5.74) is 1.62. The van der Waals surface area contributed by atoms with Crippen molar-refractivity contribution in [1.29, 1.82) is 0 Å². The molecule has 2 heterocycles. The molecule has 0 radical (unpaired) electrons. The molecule has 0 bridgehead atoms. The standard InChI is InChI=1S/C13H11BNO2/c16-14(17)12-5-4-10-8-13-3-1-2-6-15(13)9-11(10)7-12/h1-9,16-17H/q+1. The molecule has 0 amide bonds. The summed E-state index contributed by atoms with van der Waals surface area (Å²) in [6.45, 7) is 0. The number of aromatic nitrogens is 1. The molecule has 4 heteroatoms. The fourth-order valence-electron chi connectivity index (χ4n) is 2.02. The lowest BCUT2D eigenvalue weighted by Gasteiger charge is -2.01. The molecule has 3 nitrogen and oxygen atoms in total. The van der Waals surface area contributed by atoms with Crippen LogP contribution >= 0.6 is 0 Å².